The second-order valence-electron chi connectivity index (χ2n) is 25.2. The predicted molar refractivity (Wildman–Crippen MR) is 400 cm³/mol. The fraction of sp³-hybridized carbons (Fsp3) is 0.0455. The first-order chi connectivity index (χ1) is 54.3. The maximum atomic E-state index is 12.1. The van der Waals surface area contributed by atoms with Crippen LogP contribution in [0.2, 0.25) is 0 Å². The molecule has 19 rings (SSSR count). The van der Waals surface area contributed by atoms with Crippen LogP contribution in [0, 0.1) is 0 Å². The van der Waals surface area contributed by atoms with Crippen LogP contribution in [-0.2, 0) is 5.41 Å². The zero-order valence-electron chi connectivity index (χ0n) is 69.6. The highest BCUT2D eigenvalue weighted by Gasteiger charge is 2.54. The Balaban J connectivity index is 1.06. The molecule has 0 aliphatic carbocycles. The molecule has 0 unspecified atom stereocenters. The Morgan fingerprint density at radius 3 is 1.33 bits per heavy atom. The number of anilines is 12. The molecule has 5 aliphatic heterocycles. The molecular formula is C88H62B2N4O. The highest BCUT2D eigenvalue weighted by molar-refractivity contribution is 7.04. The molecule has 5 nitrogen and oxygen atoms in total. The van der Waals surface area contributed by atoms with Gasteiger partial charge in [-0.3, -0.25) is 0 Å². The van der Waals surface area contributed by atoms with E-state index in [0.29, 0.717) is 56.2 Å². The van der Waals surface area contributed by atoms with Crippen molar-refractivity contribution >= 4 is 114 Å². The third-order valence-electron chi connectivity index (χ3n) is 19.0. The SMILES string of the molecule is [2H]c1cc2c3c(c1[2H])N(c1ccccc1-c1ccccc1)c1c([2H])c([2H])c([2H])c4c1B3c1c(c3c(c([2H])c1N2c1c([2H])c([2H])c([2H])c([2H])c1-c1ccccc1)N(c1ccccc1-c1ccccc1)c1cc(C(C)(C)C)cc2c1B3c1c([2H])c([2H])c(-c3c([2H])c([2H])c([2H])c([2H])c3[2H])c([2H])c1N2c1ccccc1-c1ccccc1)O4. The molecule has 14 aromatic rings. The van der Waals surface area contributed by atoms with Crippen molar-refractivity contribution in [3.63, 3.8) is 0 Å². The molecule has 14 aromatic carbocycles. The number of ether oxygens (including phenoxy) is 1. The summed E-state index contributed by atoms with van der Waals surface area (Å²) in [4.78, 5) is 7.11. The molecule has 0 saturated carbocycles. The number of nitrogens with zero attached hydrogens (tertiary/aromatic N) is 4. The Morgan fingerprint density at radius 2 is 0.747 bits per heavy atom. The Labute approximate surface area is 581 Å². The van der Waals surface area contributed by atoms with Crippen molar-refractivity contribution in [3.8, 4) is 67.1 Å². The molecule has 446 valence electrons. The zero-order valence-corrected chi connectivity index (χ0v) is 51.6. The van der Waals surface area contributed by atoms with Crippen molar-refractivity contribution in [2.75, 3.05) is 19.6 Å². The van der Waals surface area contributed by atoms with Crippen molar-refractivity contribution < 1.29 is 29.4 Å². The van der Waals surface area contributed by atoms with Crippen LogP contribution in [0.5, 0.6) is 11.5 Å². The lowest BCUT2D eigenvalue weighted by Crippen LogP contribution is -2.67. The minimum Gasteiger partial charge on any atom is -0.459 e. The summed E-state index contributed by atoms with van der Waals surface area (Å²) in [5, 5.41) is 0. The smallest absolute Gasteiger partial charge is 0.261 e. The molecule has 0 bridgehead atoms. The topological polar surface area (TPSA) is 22.2 Å². The first-order valence-corrected chi connectivity index (χ1v) is 31.7. The number of hydrogen-bond acceptors (Lipinski definition) is 5. The molecule has 0 fully saturated rings. The summed E-state index contributed by atoms with van der Waals surface area (Å²) in [5.74, 6) is -0.280. The highest BCUT2D eigenvalue weighted by atomic mass is 16.5. The van der Waals surface area contributed by atoms with Crippen LogP contribution in [0.25, 0.3) is 55.6 Å². The van der Waals surface area contributed by atoms with Crippen molar-refractivity contribution in [2.24, 2.45) is 0 Å². The first-order valence-electron chi connectivity index (χ1n) is 40.7. The number of rotatable bonds is 9. The number of benzene rings is 14. The van der Waals surface area contributed by atoms with E-state index in [4.69, 9.17) is 8.85 Å². The fourth-order valence-corrected chi connectivity index (χ4v) is 14.9. The molecule has 0 atom stereocenters. The molecular weight excluding hydrogens is 1150 g/mol. The van der Waals surface area contributed by atoms with E-state index in [9.17, 15) is 20.6 Å². The second kappa shape index (κ2) is 21.4. The summed E-state index contributed by atoms with van der Waals surface area (Å²) in [6.45, 7) is 3.37. The van der Waals surface area contributed by atoms with Gasteiger partial charge in [0.25, 0.3) is 13.4 Å². The van der Waals surface area contributed by atoms with Gasteiger partial charge in [-0.1, -0.05) is 269 Å². The van der Waals surface area contributed by atoms with E-state index < -0.39 is 121 Å². The molecule has 0 aromatic heterocycles. The summed E-state index contributed by atoms with van der Waals surface area (Å²) in [6, 6.07) is 55.5. The summed E-state index contributed by atoms with van der Waals surface area (Å²) < 4.78 is 190. The third-order valence-corrected chi connectivity index (χ3v) is 19.0. The molecule has 0 spiro atoms. The quantitative estimate of drug-likeness (QED) is 0.134. The molecule has 5 aliphatic rings. The summed E-state index contributed by atoms with van der Waals surface area (Å²) >= 11 is 0. The lowest BCUT2D eigenvalue weighted by atomic mass is 9.29. The third kappa shape index (κ3) is 8.38. The Bertz CT molecular complexity index is 6520. The molecule has 5 heterocycles. The van der Waals surface area contributed by atoms with Gasteiger partial charge in [0.1, 0.15) is 11.5 Å². The Hall–Kier alpha value is -11.8. The van der Waals surface area contributed by atoms with Gasteiger partial charge < -0.3 is 24.3 Å². The van der Waals surface area contributed by atoms with Gasteiger partial charge >= 0.3 is 0 Å². The number of fused-ring (bicyclic) bond motifs is 5. The molecule has 7 heteroatoms. The van der Waals surface area contributed by atoms with E-state index >= 15 is 0 Å². The van der Waals surface area contributed by atoms with Crippen LogP contribution in [0.4, 0.5) is 68.2 Å². The Morgan fingerprint density at radius 1 is 0.295 bits per heavy atom. The van der Waals surface area contributed by atoms with E-state index in [2.05, 4.69) is 20.8 Å². The maximum absolute atomic E-state index is 12.1. The van der Waals surface area contributed by atoms with Gasteiger partial charge in [0.2, 0.25) is 0 Å². The van der Waals surface area contributed by atoms with Gasteiger partial charge in [-0.2, -0.15) is 0 Å². The fourth-order valence-electron chi connectivity index (χ4n) is 14.9. The van der Waals surface area contributed by atoms with Crippen LogP contribution < -0.4 is 57.1 Å². The van der Waals surface area contributed by atoms with Crippen molar-refractivity contribution in [1.82, 2.24) is 0 Å². The van der Waals surface area contributed by atoms with E-state index in [0.717, 1.165) is 22.3 Å². The van der Waals surface area contributed by atoms with Crippen LogP contribution in [0.15, 0.2) is 321 Å². The maximum Gasteiger partial charge on any atom is 0.261 e. The highest BCUT2D eigenvalue weighted by Crippen LogP contribution is 2.56. The molecule has 95 heavy (non-hydrogen) atoms. The lowest BCUT2D eigenvalue weighted by Gasteiger charge is -2.50. The second-order valence-corrected chi connectivity index (χ2v) is 25.2. The van der Waals surface area contributed by atoms with Crippen molar-refractivity contribution in [2.45, 2.75) is 26.2 Å². The van der Waals surface area contributed by atoms with E-state index in [-0.39, 0.29) is 102 Å². The average molecular weight is 1230 g/mol. The van der Waals surface area contributed by atoms with Gasteiger partial charge in [-0.25, -0.2) is 0 Å². The van der Waals surface area contributed by atoms with Gasteiger partial charge in [-0.05, 0) is 150 Å². The normalized spacial score (nSPS) is 16.0. The minimum absolute atomic E-state index is 0.00433. The summed E-state index contributed by atoms with van der Waals surface area (Å²) in [7, 11) is 0. The standard InChI is InChI=1S/C88H62B2N4O/c1-88(2,3)63-54-77-83-78(55-63)94(72-46-26-22-42-67(72)61-37-17-8-18-38-61)79-56-80-86-87(85(79)89(83)68-52-51-62(57-29-9-4-10-30-57)53-76(68)93(77)71-45-25-21-41-66(71)60-35-15-7-16-36-60)95-81-50-28-49-75-84(81)90(86)82-73(91(75)69-43-23-19-39-64(69)58-31-11-5-12-32-58)47-27-48-74(82)92(80)70-44-24-20-40-65(70)59-33-13-6-14-34-59/h4-56H,1-3H3/i4D,9D,10D,20D,24D,27D,28D,29D,30D,40D,44D,47D,49D,50D,51D,52D,53D,56D. The van der Waals surface area contributed by atoms with Gasteiger partial charge in [0.15, 0.2) is 0 Å². The summed E-state index contributed by atoms with van der Waals surface area (Å²) in [6.07, 6.45) is 0. The first kappa shape index (κ1) is 39.6. The van der Waals surface area contributed by atoms with E-state index in [1.54, 1.807) is 46.2 Å². The predicted octanol–water partition coefficient (Wildman–Crippen LogP) is 19.6. The van der Waals surface area contributed by atoms with Gasteiger partial charge in [0.05, 0.1) is 47.4 Å². The van der Waals surface area contributed by atoms with E-state index in [1.165, 1.54) is 6.07 Å². The molecule has 0 N–H and O–H groups in total. The molecule has 0 radical (unpaired) electrons. The molecule has 0 amide bonds. The van der Waals surface area contributed by atoms with E-state index in [1.807, 2.05) is 180 Å². The van der Waals surface area contributed by atoms with Gasteiger partial charge in [-0.15, -0.1) is 0 Å². The summed E-state index contributed by atoms with van der Waals surface area (Å²) in [5.41, 5.74) is 6.96. The van der Waals surface area contributed by atoms with Crippen LogP contribution in [0.3, 0.4) is 0 Å². The van der Waals surface area contributed by atoms with Crippen LogP contribution >= 0.6 is 0 Å². The molecule has 0 saturated heterocycles. The van der Waals surface area contributed by atoms with Gasteiger partial charge in [0, 0.05) is 67.8 Å². The average Bonchev–Trinajstić information content (AvgIpc) is 0.654. The minimum atomic E-state index is -1.46. The van der Waals surface area contributed by atoms with Crippen LogP contribution in [0.1, 0.15) is 51.0 Å². The van der Waals surface area contributed by atoms with Crippen molar-refractivity contribution in [1.29, 1.82) is 0 Å². The number of hydrogen-bond donors (Lipinski definition) is 0. The number of para-hydroxylation sites is 4. The zero-order chi connectivity index (χ0) is 78.7. The van der Waals surface area contributed by atoms with Crippen LogP contribution in [-0.4, -0.2) is 13.4 Å². The largest absolute Gasteiger partial charge is 0.459 e. The Kier molecular flexibility index (Phi) is 8.91. The lowest BCUT2D eigenvalue weighted by molar-refractivity contribution is 0.491. The monoisotopic (exact) mass is 1230 g/mol. The van der Waals surface area contributed by atoms with Crippen molar-refractivity contribution in [3.05, 3.63) is 327 Å².